The predicted molar refractivity (Wildman–Crippen MR) is 97.1 cm³/mol. The minimum atomic E-state index is -0.615. The molecule has 1 aliphatic heterocycles. The first-order chi connectivity index (χ1) is 12.1. The molecule has 1 heterocycles. The van der Waals surface area contributed by atoms with Crippen molar-refractivity contribution in [2.75, 3.05) is 13.1 Å². The Hall–Kier alpha value is -2.37. The van der Waals surface area contributed by atoms with E-state index in [1.54, 1.807) is 24.3 Å². The number of hydrazine groups is 1. The summed E-state index contributed by atoms with van der Waals surface area (Å²) in [4.78, 5) is 27.0. The van der Waals surface area contributed by atoms with Gasteiger partial charge in [-0.25, -0.2) is 5.43 Å². The van der Waals surface area contributed by atoms with Crippen LogP contribution in [0.4, 0.5) is 0 Å². The number of amides is 2. The number of carbonyl (C=O) groups is 2. The molecule has 2 aromatic rings. The number of carbonyl (C=O) groups excluding carboxylic acids is 2. The highest BCUT2D eigenvalue weighted by Crippen LogP contribution is 2.19. The number of hydrogen-bond acceptors (Lipinski definition) is 3. The molecule has 2 N–H and O–H groups in total. The number of rotatable bonds is 5. The monoisotopic (exact) mass is 357 g/mol. The van der Waals surface area contributed by atoms with Crippen LogP contribution < -0.4 is 10.9 Å². The van der Waals surface area contributed by atoms with Crippen molar-refractivity contribution in [3.05, 3.63) is 70.7 Å². The zero-order valence-electron chi connectivity index (χ0n) is 13.7. The molecule has 0 radical (unpaired) electrons. The number of hydrogen-bond donors (Lipinski definition) is 2. The van der Waals surface area contributed by atoms with Gasteiger partial charge in [0.1, 0.15) is 6.04 Å². The molecule has 1 aliphatic rings. The number of benzene rings is 2. The summed E-state index contributed by atoms with van der Waals surface area (Å²) in [7, 11) is 0. The van der Waals surface area contributed by atoms with Gasteiger partial charge in [0.05, 0.1) is 0 Å². The normalized spacial score (nSPS) is 15.0. The zero-order chi connectivity index (χ0) is 17.6. The van der Waals surface area contributed by atoms with E-state index in [2.05, 4.69) is 10.9 Å². The molecule has 0 saturated carbocycles. The molecular weight excluding hydrogens is 338 g/mol. The molecule has 3 rings (SSSR count). The van der Waals surface area contributed by atoms with E-state index in [-0.39, 0.29) is 11.8 Å². The second kappa shape index (κ2) is 8.14. The Morgan fingerprint density at radius 2 is 1.60 bits per heavy atom. The molecule has 0 aliphatic carbocycles. The van der Waals surface area contributed by atoms with E-state index in [0.29, 0.717) is 10.6 Å². The van der Waals surface area contributed by atoms with E-state index in [1.807, 2.05) is 35.2 Å². The van der Waals surface area contributed by atoms with Gasteiger partial charge in [0.25, 0.3) is 5.91 Å². The van der Waals surface area contributed by atoms with Crippen molar-refractivity contribution < 1.29 is 9.59 Å². The molecule has 25 heavy (non-hydrogen) atoms. The third kappa shape index (κ3) is 4.38. The van der Waals surface area contributed by atoms with Gasteiger partial charge in [0, 0.05) is 23.7 Å². The predicted octanol–water partition coefficient (Wildman–Crippen LogP) is 2.94. The van der Waals surface area contributed by atoms with Crippen molar-refractivity contribution in [1.82, 2.24) is 15.8 Å². The Bertz CT molecular complexity index is 728. The Balaban J connectivity index is 1.72. The standard InChI is InChI=1S/C19H20ClN3O2/c20-16-10-8-15(9-11-16)18(24)22-21-17(14-6-2-1-3-7-14)19(25)23-12-4-5-13-23/h1-3,6-11,17,21H,4-5,12-13H2,(H,22,24). The van der Waals surface area contributed by atoms with Crippen molar-refractivity contribution >= 4 is 23.4 Å². The topological polar surface area (TPSA) is 61.4 Å². The van der Waals surface area contributed by atoms with Crippen molar-refractivity contribution in [1.29, 1.82) is 0 Å². The average molecular weight is 358 g/mol. The van der Waals surface area contributed by atoms with Crippen molar-refractivity contribution in [3.63, 3.8) is 0 Å². The van der Waals surface area contributed by atoms with Gasteiger partial charge in [-0.3, -0.25) is 15.0 Å². The van der Waals surface area contributed by atoms with Crippen LogP contribution in [0.3, 0.4) is 0 Å². The second-order valence-electron chi connectivity index (χ2n) is 5.98. The molecule has 5 nitrogen and oxygen atoms in total. The van der Waals surface area contributed by atoms with E-state index in [1.165, 1.54) is 0 Å². The summed E-state index contributed by atoms with van der Waals surface area (Å²) < 4.78 is 0. The molecule has 1 fully saturated rings. The van der Waals surface area contributed by atoms with Gasteiger partial charge >= 0.3 is 0 Å². The van der Waals surface area contributed by atoms with E-state index in [9.17, 15) is 9.59 Å². The molecule has 2 aromatic carbocycles. The molecule has 130 valence electrons. The van der Waals surface area contributed by atoms with Crippen molar-refractivity contribution in [3.8, 4) is 0 Å². The van der Waals surface area contributed by atoms with E-state index < -0.39 is 6.04 Å². The summed E-state index contributed by atoms with van der Waals surface area (Å²) in [6.45, 7) is 1.52. The summed E-state index contributed by atoms with van der Waals surface area (Å²) in [5, 5.41) is 0.566. The molecule has 2 amide bonds. The zero-order valence-corrected chi connectivity index (χ0v) is 14.5. The maximum atomic E-state index is 12.8. The molecule has 1 unspecified atom stereocenters. The Morgan fingerprint density at radius 1 is 0.960 bits per heavy atom. The smallest absolute Gasteiger partial charge is 0.265 e. The molecular formula is C19H20ClN3O2. The summed E-state index contributed by atoms with van der Waals surface area (Å²) in [6, 6.07) is 15.4. The third-order valence-electron chi connectivity index (χ3n) is 4.23. The van der Waals surface area contributed by atoms with Gasteiger partial charge in [-0.1, -0.05) is 41.9 Å². The number of nitrogens with one attached hydrogen (secondary N) is 2. The van der Waals surface area contributed by atoms with Gasteiger partial charge in [-0.15, -0.1) is 0 Å². The maximum Gasteiger partial charge on any atom is 0.265 e. The highest BCUT2D eigenvalue weighted by atomic mass is 35.5. The second-order valence-corrected chi connectivity index (χ2v) is 6.42. The van der Waals surface area contributed by atoms with E-state index in [4.69, 9.17) is 11.6 Å². The first-order valence-corrected chi connectivity index (χ1v) is 8.68. The highest BCUT2D eigenvalue weighted by molar-refractivity contribution is 6.30. The first-order valence-electron chi connectivity index (χ1n) is 8.30. The quantitative estimate of drug-likeness (QED) is 0.809. The molecule has 6 heteroatoms. The van der Waals surface area contributed by atoms with Crippen LogP contribution in [0, 0.1) is 0 Å². The summed E-state index contributed by atoms with van der Waals surface area (Å²) in [5.74, 6) is -0.341. The fourth-order valence-electron chi connectivity index (χ4n) is 2.86. The van der Waals surface area contributed by atoms with Gasteiger partial charge in [0.2, 0.25) is 5.91 Å². The molecule has 1 atom stereocenters. The lowest BCUT2D eigenvalue weighted by Crippen LogP contribution is -2.47. The first kappa shape index (κ1) is 17.5. The lowest BCUT2D eigenvalue weighted by molar-refractivity contribution is -0.132. The van der Waals surface area contributed by atoms with Crippen LogP contribution in [0.5, 0.6) is 0 Å². The van der Waals surface area contributed by atoms with Crippen LogP contribution in [0.1, 0.15) is 34.8 Å². The third-order valence-corrected chi connectivity index (χ3v) is 4.49. The average Bonchev–Trinajstić information content (AvgIpc) is 3.18. The minimum Gasteiger partial charge on any atom is -0.341 e. The Labute approximate surface area is 151 Å². The van der Waals surface area contributed by atoms with Crippen LogP contribution >= 0.6 is 11.6 Å². The van der Waals surface area contributed by atoms with Crippen LogP contribution in [0.2, 0.25) is 5.02 Å². The maximum absolute atomic E-state index is 12.8. The number of halogens is 1. The van der Waals surface area contributed by atoms with Crippen LogP contribution in [-0.4, -0.2) is 29.8 Å². The molecule has 0 spiro atoms. The Morgan fingerprint density at radius 3 is 2.24 bits per heavy atom. The van der Waals surface area contributed by atoms with Crippen LogP contribution in [-0.2, 0) is 4.79 Å². The summed E-state index contributed by atoms with van der Waals surface area (Å²) in [6.07, 6.45) is 2.04. The molecule has 0 aromatic heterocycles. The SMILES string of the molecule is O=C(NNC(C(=O)N1CCCC1)c1ccccc1)c1ccc(Cl)cc1. The molecule has 0 bridgehead atoms. The van der Waals surface area contributed by atoms with E-state index in [0.717, 1.165) is 31.5 Å². The van der Waals surface area contributed by atoms with E-state index >= 15 is 0 Å². The largest absolute Gasteiger partial charge is 0.341 e. The Kier molecular flexibility index (Phi) is 5.68. The fraction of sp³-hybridized carbons (Fsp3) is 0.263. The van der Waals surface area contributed by atoms with Crippen molar-refractivity contribution in [2.24, 2.45) is 0 Å². The lowest BCUT2D eigenvalue weighted by Gasteiger charge is -2.24. The van der Waals surface area contributed by atoms with Gasteiger partial charge in [0.15, 0.2) is 0 Å². The van der Waals surface area contributed by atoms with Crippen LogP contribution in [0.25, 0.3) is 0 Å². The number of nitrogens with zero attached hydrogens (tertiary/aromatic N) is 1. The summed E-state index contributed by atoms with van der Waals surface area (Å²) in [5.41, 5.74) is 6.83. The lowest BCUT2D eigenvalue weighted by atomic mass is 10.1. The van der Waals surface area contributed by atoms with Gasteiger partial charge in [-0.2, -0.15) is 0 Å². The fourth-order valence-corrected chi connectivity index (χ4v) is 2.99. The van der Waals surface area contributed by atoms with Gasteiger partial charge in [-0.05, 0) is 42.7 Å². The van der Waals surface area contributed by atoms with Crippen molar-refractivity contribution in [2.45, 2.75) is 18.9 Å². The summed E-state index contributed by atoms with van der Waals surface area (Å²) >= 11 is 5.84. The highest BCUT2D eigenvalue weighted by Gasteiger charge is 2.28. The van der Waals surface area contributed by atoms with Gasteiger partial charge < -0.3 is 4.90 Å². The number of likely N-dealkylation sites (tertiary alicyclic amines) is 1. The minimum absolute atomic E-state index is 0.0277. The van der Waals surface area contributed by atoms with Crippen LogP contribution in [0.15, 0.2) is 54.6 Å². The molecule has 1 saturated heterocycles.